The minimum Gasteiger partial charge on any atom is -0.392 e. The smallest absolute Gasteiger partial charge is 0.218 e. The molecule has 6 heteroatoms. The number of likely N-dealkylation sites (N-methyl/N-ethyl adjacent to an activating group) is 1. The van der Waals surface area contributed by atoms with E-state index in [0.29, 0.717) is 12.2 Å². The van der Waals surface area contributed by atoms with Gasteiger partial charge in [-0.05, 0) is 18.1 Å². The van der Waals surface area contributed by atoms with E-state index in [9.17, 15) is 8.42 Å². The number of nitrogens with zero attached hydrogens (tertiary/aromatic N) is 1. The summed E-state index contributed by atoms with van der Waals surface area (Å²) in [7, 11) is -0.261. The first-order valence-electron chi connectivity index (χ1n) is 6.04. The Balaban J connectivity index is 2.77. The number of aliphatic hydroxyl groups is 1. The van der Waals surface area contributed by atoms with Crippen LogP contribution in [0.5, 0.6) is 0 Å². The van der Waals surface area contributed by atoms with Gasteiger partial charge in [0.25, 0.3) is 0 Å². The number of benzene rings is 1. The third-order valence-corrected chi connectivity index (χ3v) is 4.96. The van der Waals surface area contributed by atoms with Crippen LogP contribution < -0.4 is 0 Å². The van der Waals surface area contributed by atoms with E-state index in [1.54, 1.807) is 45.3 Å². The van der Waals surface area contributed by atoms with Crippen molar-refractivity contribution in [2.24, 2.45) is 0 Å². The summed E-state index contributed by atoms with van der Waals surface area (Å²) in [6, 6.07) is 6.69. The summed E-state index contributed by atoms with van der Waals surface area (Å²) in [5.41, 5.74) is 1.47. The highest BCUT2D eigenvalue weighted by atomic mass is 32.2. The van der Waals surface area contributed by atoms with Crippen molar-refractivity contribution < 1.29 is 18.3 Å². The van der Waals surface area contributed by atoms with E-state index in [2.05, 4.69) is 0 Å². The molecule has 1 unspecified atom stereocenters. The van der Waals surface area contributed by atoms with E-state index in [1.807, 2.05) is 0 Å². The third-order valence-electron chi connectivity index (χ3n) is 3.02. The minimum atomic E-state index is -3.36. The molecule has 0 spiro atoms. The summed E-state index contributed by atoms with van der Waals surface area (Å²) in [4.78, 5) is 0. The number of hydrogen-bond donors (Lipinski definition) is 1. The summed E-state index contributed by atoms with van der Waals surface area (Å²) < 4.78 is 30.7. The zero-order valence-electron chi connectivity index (χ0n) is 11.5. The van der Waals surface area contributed by atoms with Crippen molar-refractivity contribution in [2.45, 2.75) is 25.3 Å². The number of methoxy groups -OCH3 is 1. The van der Waals surface area contributed by atoms with Gasteiger partial charge >= 0.3 is 0 Å². The molecule has 0 fully saturated rings. The van der Waals surface area contributed by atoms with E-state index in [-0.39, 0.29) is 18.4 Å². The molecule has 1 aromatic rings. The molecule has 0 radical (unpaired) electrons. The number of sulfonamides is 1. The Hall–Kier alpha value is -0.950. The van der Waals surface area contributed by atoms with Gasteiger partial charge < -0.3 is 9.84 Å². The van der Waals surface area contributed by atoms with Gasteiger partial charge in [-0.3, -0.25) is 0 Å². The normalized spacial score (nSPS) is 13.7. The summed E-state index contributed by atoms with van der Waals surface area (Å²) in [5, 5.41) is 8.94. The lowest BCUT2D eigenvalue weighted by Crippen LogP contribution is -2.38. The molecule has 108 valence electrons. The van der Waals surface area contributed by atoms with Gasteiger partial charge in [0.2, 0.25) is 10.0 Å². The van der Waals surface area contributed by atoms with Crippen LogP contribution in [0.2, 0.25) is 0 Å². The van der Waals surface area contributed by atoms with Crippen LogP contribution in [0.3, 0.4) is 0 Å². The van der Waals surface area contributed by atoms with Crippen LogP contribution in [0, 0.1) is 0 Å². The average molecular weight is 287 g/mol. The van der Waals surface area contributed by atoms with E-state index < -0.39 is 10.0 Å². The monoisotopic (exact) mass is 287 g/mol. The molecule has 0 amide bonds. The van der Waals surface area contributed by atoms with Crippen molar-refractivity contribution >= 4 is 10.0 Å². The summed E-state index contributed by atoms with van der Waals surface area (Å²) in [5.74, 6) is -0.0523. The molecule has 0 bridgehead atoms. The fourth-order valence-electron chi connectivity index (χ4n) is 1.67. The Morgan fingerprint density at radius 3 is 2.26 bits per heavy atom. The second kappa shape index (κ2) is 7.00. The molecule has 19 heavy (non-hydrogen) atoms. The van der Waals surface area contributed by atoms with Crippen molar-refractivity contribution in [3.05, 3.63) is 35.4 Å². The molecule has 1 N–H and O–H groups in total. The first-order valence-corrected chi connectivity index (χ1v) is 7.65. The molecule has 0 saturated carbocycles. The van der Waals surface area contributed by atoms with Crippen LogP contribution in [0.4, 0.5) is 0 Å². The van der Waals surface area contributed by atoms with Gasteiger partial charge in [-0.1, -0.05) is 24.3 Å². The van der Waals surface area contributed by atoms with Gasteiger partial charge in [0.1, 0.15) is 0 Å². The van der Waals surface area contributed by atoms with Crippen molar-refractivity contribution in [3.63, 3.8) is 0 Å². The fraction of sp³-hybridized carbons (Fsp3) is 0.538. The van der Waals surface area contributed by atoms with Gasteiger partial charge in [-0.2, -0.15) is 4.31 Å². The quantitative estimate of drug-likeness (QED) is 0.811. The number of aliphatic hydroxyl groups excluding tert-OH is 1. The summed E-state index contributed by atoms with van der Waals surface area (Å²) in [6.07, 6.45) is 0. The average Bonchev–Trinajstić information content (AvgIpc) is 2.38. The van der Waals surface area contributed by atoms with Gasteiger partial charge in [0, 0.05) is 20.2 Å². The summed E-state index contributed by atoms with van der Waals surface area (Å²) >= 11 is 0. The standard InChI is InChI=1S/C13H21NO4S/c1-11(9-18-3)14(2)19(16,17)10-13-6-4-12(8-15)5-7-13/h4-7,11,15H,8-10H2,1-3H3. The third kappa shape index (κ3) is 4.58. The minimum absolute atomic E-state index is 0.0438. The van der Waals surface area contributed by atoms with Crippen LogP contribution in [0.1, 0.15) is 18.1 Å². The summed E-state index contributed by atoms with van der Waals surface area (Å²) in [6.45, 7) is 2.12. The highest BCUT2D eigenvalue weighted by molar-refractivity contribution is 7.88. The lowest BCUT2D eigenvalue weighted by atomic mass is 10.2. The lowest BCUT2D eigenvalue weighted by molar-refractivity contribution is 0.149. The van der Waals surface area contributed by atoms with Crippen LogP contribution in [0.15, 0.2) is 24.3 Å². The molecule has 0 heterocycles. The lowest BCUT2D eigenvalue weighted by Gasteiger charge is -2.23. The van der Waals surface area contributed by atoms with Gasteiger partial charge in [-0.15, -0.1) is 0 Å². The molecule has 1 atom stereocenters. The van der Waals surface area contributed by atoms with Crippen LogP contribution in [-0.4, -0.2) is 44.6 Å². The fourth-order valence-corrected chi connectivity index (χ4v) is 3.10. The highest BCUT2D eigenvalue weighted by Gasteiger charge is 2.23. The SMILES string of the molecule is COCC(C)N(C)S(=O)(=O)Cc1ccc(CO)cc1. The van der Waals surface area contributed by atoms with Crippen LogP contribution >= 0.6 is 0 Å². The van der Waals surface area contributed by atoms with Gasteiger partial charge in [0.05, 0.1) is 19.0 Å². The van der Waals surface area contributed by atoms with Crippen molar-refractivity contribution in [3.8, 4) is 0 Å². The number of rotatable bonds is 7. The second-order valence-electron chi connectivity index (χ2n) is 4.55. The molecule has 0 aromatic heterocycles. The van der Waals surface area contributed by atoms with Crippen LogP contribution in [-0.2, 0) is 27.1 Å². The molecule has 0 saturated heterocycles. The van der Waals surface area contributed by atoms with E-state index in [0.717, 1.165) is 5.56 Å². The van der Waals surface area contributed by atoms with Crippen molar-refractivity contribution in [1.29, 1.82) is 0 Å². The Morgan fingerprint density at radius 1 is 1.26 bits per heavy atom. The van der Waals surface area contributed by atoms with Crippen LogP contribution in [0.25, 0.3) is 0 Å². The molecule has 1 aromatic carbocycles. The zero-order chi connectivity index (χ0) is 14.5. The molecule has 5 nitrogen and oxygen atoms in total. The maximum absolute atomic E-state index is 12.2. The molecule has 0 aliphatic heterocycles. The second-order valence-corrected chi connectivity index (χ2v) is 6.58. The molecular formula is C13H21NO4S. The maximum atomic E-state index is 12.2. The topological polar surface area (TPSA) is 66.8 Å². The molecule has 0 aliphatic rings. The Kier molecular flexibility index (Phi) is 5.93. The van der Waals surface area contributed by atoms with Gasteiger partial charge in [0.15, 0.2) is 0 Å². The maximum Gasteiger partial charge on any atom is 0.218 e. The Bertz CT molecular complexity index is 484. The largest absolute Gasteiger partial charge is 0.392 e. The van der Waals surface area contributed by atoms with Gasteiger partial charge in [-0.25, -0.2) is 8.42 Å². The Morgan fingerprint density at radius 2 is 1.79 bits per heavy atom. The highest BCUT2D eigenvalue weighted by Crippen LogP contribution is 2.13. The predicted molar refractivity (Wildman–Crippen MR) is 74.1 cm³/mol. The molecular weight excluding hydrogens is 266 g/mol. The predicted octanol–water partition coefficient (Wildman–Crippen LogP) is 0.975. The number of ether oxygens (including phenoxy) is 1. The first-order chi connectivity index (χ1) is 8.90. The van der Waals surface area contributed by atoms with E-state index in [1.165, 1.54) is 4.31 Å². The zero-order valence-corrected chi connectivity index (χ0v) is 12.4. The van der Waals surface area contributed by atoms with E-state index in [4.69, 9.17) is 9.84 Å². The molecule has 1 rings (SSSR count). The first kappa shape index (κ1) is 16.1. The molecule has 0 aliphatic carbocycles. The van der Waals surface area contributed by atoms with Crippen molar-refractivity contribution in [2.75, 3.05) is 20.8 Å². The Labute approximate surface area is 114 Å². The van der Waals surface area contributed by atoms with E-state index >= 15 is 0 Å². The number of hydrogen-bond acceptors (Lipinski definition) is 4. The van der Waals surface area contributed by atoms with Crippen molar-refractivity contribution in [1.82, 2.24) is 4.31 Å².